The molecule has 0 aliphatic heterocycles. The van der Waals surface area contributed by atoms with Crippen molar-refractivity contribution in [2.75, 3.05) is 11.3 Å². The first-order valence-electron chi connectivity index (χ1n) is 9.89. The number of halogens is 5. The van der Waals surface area contributed by atoms with Gasteiger partial charge in [0.1, 0.15) is 16.4 Å². The number of primary amides is 1. The van der Waals surface area contributed by atoms with Crippen molar-refractivity contribution in [1.29, 1.82) is 5.41 Å². The number of nitrogens with one attached hydrogen (secondary N) is 4. The van der Waals surface area contributed by atoms with E-state index >= 15 is 0 Å². The zero-order chi connectivity index (χ0) is 29.4. The largest absolute Gasteiger partial charge is 0.490 e. The molecular weight excluding hydrogens is 568 g/mol. The lowest BCUT2D eigenvalue weighted by atomic mass is 9.94. The molecule has 1 unspecified atom stereocenters. The van der Waals surface area contributed by atoms with Crippen molar-refractivity contribution in [1.82, 2.24) is 10.5 Å². The number of aliphatic carboxylic acids is 1. The van der Waals surface area contributed by atoms with E-state index in [1.807, 2.05) is 0 Å². The van der Waals surface area contributed by atoms with Crippen LogP contribution < -0.4 is 27.2 Å². The number of hydrogen-bond acceptors (Lipinski definition) is 7. The molecule has 1 aromatic heterocycles. The van der Waals surface area contributed by atoms with E-state index in [0.29, 0.717) is 5.69 Å². The number of carboxylic acid groups (broad SMARTS) is 1. The lowest BCUT2D eigenvalue weighted by Gasteiger charge is -2.19. The number of anilines is 1. The highest BCUT2D eigenvalue weighted by Crippen LogP contribution is 2.29. The van der Waals surface area contributed by atoms with Gasteiger partial charge in [-0.1, -0.05) is 11.6 Å². The lowest BCUT2D eigenvalue weighted by Crippen LogP contribution is -2.32. The Morgan fingerprint density at radius 2 is 1.84 bits per heavy atom. The summed E-state index contributed by atoms with van der Waals surface area (Å²) in [5.74, 6) is -5.95. The van der Waals surface area contributed by atoms with Crippen molar-refractivity contribution >= 4 is 45.1 Å². The number of aromatic amines is 1. The fourth-order valence-electron chi connectivity index (χ4n) is 2.73. The number of sulfonamides is 1. The first kappa shape index (κ1) is 32.1. The SMILES string of the molecule is Cc1cc(C(CCONC(=N)N)C(N)=O)c(NS(=O)(=O)c2ccc(F)cc2Cl)c(=O)[nH]1.O=C(O)C(F)(F)F. The third-order valence-corrected chi connectivity index (χ3v) is 6.10. The summed E-state index contributed by atoms with van der Waals surface area (Å²) in [6.07, 6.45) is -5.15. The highest BCUT2D eigenvalue weighted by molar-refractivity contribution is 7.92. The van der Waals surface area contributed by atoms with Gasteiger partial charge in [-0.2, -0.15) is 13.2 Å². The van der Waals surface area contributed by atoms with Crippen molar-refractivity contribution in [2.45, 2.75) is 30.3 Å². The van der Waals surface area contributed by atoms with Crippen molar-refractivity contribution in [3.63, 3.8) is 0 Å². The molecule has 0 fully saturated rings. The summed E-state index contributed by atoms with van der Waals surface area (Å²) >= 11 is 5.84. The number of H-pyrrole nitrogens is 1. The summed E-state index contributed by atoms with van der Waals surface area (Å²) in [5.41, 5.74) is 11.7. The van der Waals surface area contributed by atoms with Crippen LogP contribution in [0, 0.1) is 18.2 Å². The molecule has 0 saturated carbocycles. The van der Waals surface area contributed by atoms with E-state index in [1.54, 1.807) is 0 Å². The zero-order valence-corrected chi connectivity index (χ0v) is 20.7. The van der Waals surface area contributed by atoms with Crippen molar-refractivity contribution in [3.8, 4) is 0 Å². The predicted molar refractivity (Wildman–Crippen MR) is 125 cm³/mol. The Labute approximate surface area is 216 Å². The summed E-state index contributed by atoms with van der Waals surface area (Å²) in [5, 5.41) is 13.8. The fourth-order valence-corrected chi connectivity index (χ4v) is 4.36. The van der Waals surface area contributed by atoms with Gasteiger partial charge in [0.25, 0.3) is 15.6 Å². The number of aromatic nitrogens is 1. The molecule has 1 amide bonds. The van der Waals surface area contributed by atoms with Gasteiger partial charge in [0.15, 0.2) is 0 Å². The van der Waals surface area contributed by atoms with Crippen molar-refractivity contribution < 1.29 is 45.5 Å². The van der Waals surface area contributed by atoms with Gasteiger partial charge < -0.3 is 21.6 Å². The van der Waals surface area contributed by atoms with Crippen LogP contribution in [0.15, 0.2) is 34.0 Å². The van der Waals surface area contributed by atoms with E-state index in [-0.39, 0.29) is 18.6 Å². The van der Waals surface area contributed by atoms with Crippen LogP contribution in [0.4, 0.5) is 23.2 Å². The number of rotatable bonds is 9. The minimum absolute atomic E-state index is 0.00184. The van der Waals surface area contributed by atoms with Gasteiger partial charge in [-0.3, -0.25) is 24.6 Å². The summed E-state index contributed by atoms with van der Waals surface area (Å²) in [6.45, 7) is 1.39. The van der Waals surface area contributed by atoms with Gasteiger partial charge in [0, 0.05) is 5.69 Å². The maximum Gasteiger partial charge on any atom is 0.490 e. The Hall–Kier alpha value is -3.90. The number of amides is 1. The molecule has 210 valence electrons. The summed E-state index contributed by atoms with van der Waals surface area (Å²) in [7, 11) is -4.42. The Morgan fingerprint density at radius 1 is 1.26 bits per heavy atom. The molecule has 13 nitrogen and oxygen atoms in total. The normalized spacial score (nSPS) is 12.1. The second-order valence-electron chi connectivity index (χ2n) is 7.20. The van der Waals surface area contributed by atoms with Crippen LogP contribution in [-0.2, 0) is 24.4 Å². The number of pyridine rings is 1. The van der Waals surface area contributed by atoms with E-state index in [1.165, 1.54) is 13.0 Å². The molecule has 0 aliphatic carbocycles. The average molecular weight is 589 g/mol. The summed E-state index contributed by atoms with van der Waals surface area (Å²) in [6, 6.07) is 4.03. The maximum absolute atomic E-state index is 13.3. The van der Waals surface area contributed by atoms with E-state index in [4.69, 9.17) is 43.2 Å². The van der Waals surface area contributed by atoms with E-state index in [9.17, 15) is 35.6 Å². The van der Waals surface area contributed by atoms with Crippen LogP contribution in [0.1, 0.15) is 23.6 Å². The van der Waals surface area contributed by atoms with Crippen LogP contribution in [0.5, 0.6) is 0 Å². The Morgan fingerprint density at radius 3 is 2.32 bits per heavy atom. The molecule has 2 rings (SSSR count). The maximum atomic E-state index is 13.3. The number of aryl methyl sites for hydroxylation is 1. The third kappa shape index (κ3) is 9.52. The molecule has 38 heavy (non-hydrogen) atoms. The molecule has 19 heteroatoms. The summed E-state index contributed by atoms with van der Waals surface area (Å²) < 4.78 is 72.7. The number of guanidine groups is 1. The second kappa shape index (κ2) is 13.1. The van der Waals surface area contributed by atoms with E-state index in [2.05, 4.69) is 15.2 Å². The first-order valence-corrected chi connectivity index (χ1v) is 11.8. The molecule has 0 spiro atoms. The minimum Gasteiger partial charge on any atom is -0.475 e. The van der Waals surface area contributed by atoms with Crippen LogP contribution >= 0.6 is 11.6 Å². The Kier molecular flexibility index (Phi) is 11.0. The minimum atomic E-state index is -5.08. The highest BCUT2D eigenvalue weighted by Gasteiger charge is 2.38. The zero-order valence-electron chi connectivity index (χ0n) is 19.2. The molecule has 2 aromatic rings. The van der Waals surface area contributed by atoms with Crippen LogP contribution in [0.2, 0.25) is 5.02 Å². The molecule has 1 heterocycles. The van der Waals surface area contributed by atoms with E-state index < -0.39 is 66.9 Å². The predicted octanol–water partition coefficient (Wildman–Crippen LogP) is 1.28. The van der Waals surface area contributed by atoms with Crippen molar-refractivity contribution in [2.24, 2.45) is 11.5 Å². The molecule has 0 bridgehead atoms. The molecular formula is C19H21ClF4N6O7S. The number of nitrogens with two attached hydrogens (primary N) is 2. The van der Waals surface area contributed by atoms with Gasteiger partial charge in [0.05, 0.1) is 17.5 Å². The molecule has 0 saturated heterocycles. The number of alkyl halides is 3. The average Bonchev–Trinajstić information content (AvgIpc) is 2.74. The van der Waals surface area contributed by atoms with E-state index in [0.717, 1.165) is 18.2 Å². The van der Waals surface area contributed by atoms with Crippen molar-refractivity contribution in [3.05, 3.63) is 56.7 Å². The number of hydrogen-bond donors (Lipinski definition) is 7. The van der Waals surface area contributed by atoms with Gasteiger partial charge >= 0.3 is 12.1 Å². The van der Waals surface area contributed by atoms with Crippen LogP contribution in [0.3, 0.4) is 0 Å². The molecule has 9 N–H and O–H groups in total. The number of carbonyl (C=O) groups excluding carboxylic acids is 1. The monoisotopic (exact) mass is 588 g/mol. The fraction of sp³-hybridized carbons (Fsp3) is 0.263. The quantitative estimate of drug-likeness (QED) is 0.0734. The summed E-state index contributed by atoms with van der Waals surface area (Å²) in [4.78, 5) is 40.4. The molecule has 1 atom stereocenters. The topological polar surface area (TPSA) is 231 Å². The van der Waals surface area contributed by atoms with Gasteiger partial charge in [-0.05, 0) is 43.2 Å². The number of benzene rings is 1. The second-order valence-corrected chi connectivity index (χ2v) is 9.26. The Bertz CT molecular complexity index is 1370. The Balaban J connectivity index is 0.000000905. The number of hydroxylamine groups is 1. The van der Waals surface area contributed by atoms with Gasteiger partial charge in [-0.15, -0.1) is 0 Å². The molecule has 0 radical (unpaired) electrons. The number of carboxylic acids is 1. The number of carbonyl (C=O) groups is 2. The van der Waals surface area contributed by atoms with Crippen LogP contribution in [-0.4, -0.2) is 49.1 Å². The third-order valence-electron chi connectivity index (χ3n) is 4.27. The van der Waals surface area contributed by atoms with Gasteiger partial charge in [-0.25, -0.2) is 23.1 Å². The standard InChI is InChI=1S/C17H20ClFN6O5S.C2HF3O2/c1-8-6-11(10(15(20)26)4-5-30-24-17(21)22)14(16(27)23-8)25-31(28,29)13-3-2-9(19)7-12(13)18;3-2(4,5)1(6)7/h2-3,6-7,10,25H,4-5H2,1H3,(H2,20,26)(H,23,27)(H4,21,22,24);(H,6,7). The smallest absolute Gasteiger partial charge is 0.475 e. The van der Waals surface area contributed by atoms with Crippen LogP contribution in [0.25, 0.3) is 0 Å². The lowest BCUT2D eigenvalue weighted by molar-refractivity contribution is -0.192. The molecule has 1 aromatic carbocycles. The van der Waals surface area contributed by atoms with Gasteiger partial charge in [0.2, 0.25) is 11.9 Å². The molecule has 0 aliphatic rings. The highest BCUT2D eigenvalue weighted by atomic mass is 35.5. The first-order chi connectivity index (χ1) is 17.4.